The minimum Gasteiger partial charge on any atom is -0.378 e. The highest BCUT2D eigenvalue weighted by atomic mass is 35.5. The molecule has 0 amide bonds. The molecular formula is C22H37ClO. The molecule has 0 aromatic heterocycles. The van der Waals surface area contributed by atoms with E-state index in [1.165, 1.54) is 12.8 Å². The van der Waals surface area contributed by atoms with Crippen LogP contribution in [0, 0.1) is 47.3 Å². The third-order valence-corrected chi connectivity index (χ3v) is 7.92. The minimum absolute atomic E-state index is 0.246. The van der Waals surface area contributed by atoms with Gasteiger partial charge < -0.3 is 4.74 Å². The molecule has 0 aromatic carbocycles. The Labute approximate surface area is 154 Å². The molecule has 0 N–H and O–H groups in total. The van der Waals surface area contributed by atoms with Gasteiger partial charge in [0.05, 0.1) is 6.10 Å². The maximum absolute atomic E-state index is 7.25. The molecule has 0 aromatic rings. The molecule has 3 aliphatic carbocycles. The number of ether oxygens (including phenoxy) is 1. The Bertz CT molecular complexity index is 461. The predicted octanol–water partition coefficient (Wildman–Crippen LogP) is 6.17. The second-order valence-corrected chi connectivity index (χ2v) is 9.86. The average molecular weight is 353 g/mol. The third-order valence-electron chi connectivity index (χ3n) is 7.34. The van der Waals surface area contributed by atoms with E-state index in [9.17, 15) is 0 Å². The molecule has 3 rings (SSSR count). The van der Waals surface area contributed by atoms with Gasteiger partial charge in [-0.25, -0.2) is 0 Å². The Hall–Kier alpha value is -0.0100. The quantitative estimate of drug-likeness (QED) is 0.393. The van der Waals surface area contributed by atoms with Crippen LogP contribution in [0.15, 0.2) is 11.6 Å². The van der Waals surface area contributed by atoms with Gasteiger partial charge in [0.15, 0.2) is 0 Å². The van der Waals surface area contributed by atoms with Crippen molar-refractivity contribution < 1.29 is 4.74 Å². The largest absolute Gasteiger partial charge is 0.378 e. The number of alkyl halides is 1. The van der Waals surface area contributed by atoms with Crippen LogP contribution in [0.5, 0.6) is 0 Å². The van der Waals surface area contributed by atoms with Crippen molar-refractivity contribution in [3.63, 3.8) is 0 Å². The number of rotatable bonds is 7. The molecular weight excluding hydrogens is 316 g/mol. The van der Waals surface area contributed by atoms with Crippen LogP contribution < -0.4 is 0 Å². The molecule has 24 heavy (non-hydrogen) atoms. The van der Waals surface area contributed by atoms with Crippen molar-refractivity contribution in [2.45, 2.75) is 72.3 Å². The van der Waals surface area contributed by atoms with E-state index >= 15 is 0 Å². The Morgan fingerprint density at radius 1 is 1.12 bits per heavy atom. The first-order valence-electron chi connectivity index (χ1n) is 10.3. The van der Waals surface area contributed by atoms with Crippen molar-refractivity contribution in [3.05, 3.63) is 11.6 Å². The highest BCUT2D eigenvalue weighted by Gasteiger charge is 2.61. The van der Waals surface area contributed by atoms with Crippen molar-refractivity contribution in [2.24, 2.45) is 47.3 Å². The van der Waals surface area contributed by atoms with Gasteiger partial charge in [0, 0.05) is 17.9 Å². The maximum Gasteiger partial charge on any atom is 0.0651 e. The molecule has 2 heteroatoms. The lowest BCUT2D eigenvalue weighted by molar-refractivity contribution is -0.0538. The molecule has 1 nitrogen and oxygen atoms in total. The van der Waals surface area contributed by atoms with Gasteiger partial charge in [0.2, 0.25) is 0 Å². The Kier molecular flexibility index (Phi) is 5.72. The molecule has 0 spiro atoms. The lowest BCUT2D eigenvalue weighted by Gasteiger charge is -2.44. The molecule has 138 valence electrons. The first-order chi connectivity index (χ1) is 11.4. The molecule has 0 radical (unpaired) electrons. The van der Waals surface area contributed by atoms with E-state index in [1.807, 2.05) is 0 Å². The summed E-state index contributed by atoms with van der Waals surface area (Å²) in [7, 11) is 0. The van der Waals surface area contributed by atoms with Crippen LogP contribution >= 0.6 is 11.6 Å². The summed E-state index contributed by atoms with van der Waals surface area (Å²) in [5, 5.41) is 0.246. The van der Waals surface area contributed by atoms with Crippen molar-refractivity contribution >= 4 is 11.6 Å². The van der Waals surface area contributed by atoms with Crippen LogP contribution in [-0.2, 0) is 4.74 Å². The van der Waals surface area contributed by atoms with E-state index in [4.69, 9.17) is 16.3 Å². The summed E-state index contributed by atoms with van der Waals surface area (Å²) < 4.78 is 6.47. The summed E-state index contributed by atoms with van der Waals surface area (Å²) in [6.07, 6.45) is 6.64. The molecule has 0 aliphatic heterocycles. The van der Waals surface area contributed by atoms with E-state index in [1.54, 1.807) is 5.57 Å². The first kappa shape index (κ1) is 18.8. The highest BCUT2D eigenvalue weighted by Crippen LogP contribution is 2.63. The van der Waals surface area contributed by atoms with Gasteiger partial charge in [-0.05, 0) is 67.6 Å². The molecule has 3 aliphatic rings. The fourth-order valence-electron chi connectivity index (χ4n) is 6.65. The number of allylic oxidation sites excluding steroid dienone is 2. The standard InChI is InChI=1S/C22H37ClO/c1-7-10-24-22-16-11-17(19-14(6)8-9-15(16)19)20(22)21(23)18(12(2)3)13(4)5/h8,12-13,15-22H,7,9-11H2,1-6H3/t15?,16?,17?,19?,20?,21-,22?/m0/s1. The second-order valence-electron chi connectivity index (χ2n) is 9.36. The van der Waals surface area contributed by atoms with Crippen LogP contribution in [0.4, 0.5) is 0 Å². The lowest BCUT2D eigenvalue weighted by Crippen LogP contribution is -2.46. The fourth-order valence-corrected chi connectivity index (χ4v) is 7.56. The van der Waals surface area contributed by atoms with Crippen LogP contribution in [-0.4, -0.2) is 18.1 Å². The van der Waals surface area contributed by atoms with E-state index in [-0.39, 0.29) is 5.38 Å². The summed E-state index contributed by atoms with van der Waals surface area (Å²) in [5.74, 6) is 5.52. The Balaban J connectivity index is 1.86. The SMILES string of the molecule is CCCOC1C2CC(C3C(C)=CCC23)C1[C@@H](Cl)C(C(C)C)C(C)C. The summed E-state index contributed by atoms with van der Waals surface area (Å²) in [4.78, 5) is 0. The molecule has 7 atom stereocenters. The highest BCUT2D eigenvalue weighted by molar-refractivity contribution is 6.21. The van der Waals surface area contributed by atoms with Gasteiger partial charge in [-0.3, -0.25) is 0 Å². The van der Waals surface area contributed by atoms with Gasteiger partial charge in [-0.1, -0.05) is 46.3 Å². The molecule has 2 fully saturated rings. The van der Waals surface area contributed by atoms with Crippen LogP contribution in [0.2, 0.25) is 0 Å². The monoisotopic (exact) mass is 352 g/mol. The van der Waals surface area contributed by atoms with Crippen molar-refractivity contribution in [2.75, 3.05) is 6.61 Å². The topological polar surface area (TPSA) is 9.23 Å². The number of fused-ring (bicyclic) bond motifs is 5. The van der Waals surface area contributed by atoms with Crippen molar-refractivity contribution in [3.8, 4) is 0 Å². The van der Waals surface area contributed by atoms with Crippen LogP contribution in [0.25, 0.3) is 0 Å². The zero-order chi connectivity index (χ0) is 17.6. The minimum atomic E-state index is 0.246. The zero-order valence-corrected chi connectivity index (χ0v) is 17.2. The van der Waals surface area contributed by atoms with Gasteiger partial charge in [-0.2, -0.15) is 0 Å². The number of halogens is 1. The maximum atomic E-state index is 7.25. The Morgan fingerprint density at radius 3 is 2.38 bits per heavy atom. The van der Waals surface area contributed by atoms with Gasteiger partial charge in [0.25, 0.3) is 0 Å². The van der Waals surface area contributed by atoms with E-state index in [2.05, 4.69) is 47.6 Å². The van der Waals surface area contributed by atoms with E-state index in [0.29, 0.717) is 29.8 Å². The number of hydrogen-bond acceptors (Lipinski definition) is 1. The Morgan fingerprint density at radius 2 is 1.79 bits per heavy atom. The lowest BCUT2D eigenvalue weighted by atomic mass is 9.67. The molecule has 2 saturated carbocycles. The first-order valence-corrected chi connectivity index (χ1v) is 10.7. The summed E-state index contributed by atoms with van der Waals surface area (Å²) in [6.45, 7) is 14.9. The zero-order valence-electron chi connectivity index (χ0n) is 16.5. The molecule has 0 saturated heterocycles. The van der Waals surface area contributed by atoms with Gasteiger partial charge in [-0.15, -0.1) is 11.6 Å². The van der Waals surface area contributed by atoms with E-state index < -0.39 is 0 Å². The summed E-state index contributed by atoms with van der Waals surface area (Å²) >= 11 is 7.25. The predicted molar refractivity (Wildman–Crippen MR) is 103 cm³/mol. The van der Waals surface area contributed by atoms with Crippen molar-refractivity contribution in [1.29, 1.82) is 0 Å². The molecule has 2 bridgehead atoms. The van der Waals surface area contributed by atoms with Gasteiger partial charge in [0.1, 0.15) is 0 Å². The smallest absolute Gasteiger partial charge is 0.0651 e. The van der Waals surface area contributed by atoms with Crippen LogP contribution in [0.1, 0.15) is 60.8 Å². The van der Waals surface area contributed by atoms with Gasteiger partial charge >= 0.3 is 0 Å². The summed E-state index contributed by atoms with van der Waals surface area (Å²) in [6, 6.07) is 0. The summed E-state index contributed by atoms with van der Waals surface area (Å²) in [5.41, 5.74) is 1.64. The normalized spacial score (nSPS) is 39.2. The molecule has 0 heterocycles. The second kappa shape index (κ2) is 7.31. The van der Waals surface area contributed by atoms with E-state index in [0.717, 1.165) is 36.7 Å². The van der Waals surface area contributed by atoms with Crippen molar-refractivity contribution in [1.82, 2.24) is 0 Å². The number of hydrogen-bond donors (Lipinski definition) is 0. The third kappa shape index (κ3) is 2.98. The fraction of sp³-hybridized carbons (Fsp3) is 0.909. The molecule has 6 unspecified atom stereocenters. The van der Waals surface area contributed by atoms with Crippen LogP contribution in [0.3, 0.4) is 0 Å². The average Bonchev–Trinajstić information content (AvgIpc) is 3.15.